The number of rotatable bonds is 7. The van der Waals surface area contributed by atoms with E-state index >= 15 is 0 Å². The van der Waals surface area contributed by atoms with Gasteiger partial charge in [0.1, 0.15) is 11.1 Å². The van der Waals surface area contributed by atoms with Crippen LogP contribution >= 0.6 is 21.4 Å². The summed E-state index contributed by atoms with van der Waals surface area (Å²) in [5.74, 6) is 3.23. The van der Waals surface area contributed by atoms with Crippen molar-refractivity contribution in [3.63, 3.8) is 0 Å². The van der Waals surface area contributed by atoms with Crippen LogP contribution in [-0.2, 0) is 23.4 Å². The minimum atomic E-state index is -4.23. The molecule has 260 valence electrons. The number of hydrogen-bond acceptors (Lipinski definition) is 2. The van der Waals surface area contributed by atoms with Crippen LogP contribution in [0.3, 0.4) is 0 Å². The Kier molecular flexibility index (Phi) is 16.6. The van der Waals surface area contributed by atoms with Crippen LogP contribution in [0.4, 0.5) is 13.2 Å². The van der Waals surface area contributed by atoms with Gasteiger partial charge in [-0.15, -0.1) is 0 Å². The molecule has 3 aromatic carbocycles. The van der Waals surface area contributed by atoms with E-state index in [1.807, 2.05) is 14.2 Å². The molecule has 0 aromatic heterocycles. The first kappa shape index (κ1) is 42.6. The Balaban J connectivity index is 0.000000740. The van der Waals surface area contributed by atoms with E-state index < -0.39 is 19.7 Å². The van der Waals surface area contributed by atoms with Crippen molar-refractivity contribution in [2.24, 2.45) is 0 Å². The maximum atomic E-state index is 11.8. The molecule has 0 radical (unpaired) electrons. The minimum absolute atomic E-state index is 0.130. The number of alkyl halides is 3. The number of methoxy groups -OCH3 is 2. The molecule has 0 fully saturated rings. The third-order valence-electron chi connectivity index (χ3n) is 7.75. The quantitative estimate of drug-likeness (QED) is 0.134. The van der Waals surface area contributed by atoms with E-state index in [-0.39, 0.29) is 10.3 Å². The van der Waals surface area contributed by atoms with Gasteiger partial charge in [0.2, 0.25) is 0 Å². The Bertz CT molecular complexity index is 1330. The summed E-state index contributed by atoms with van der Waals surface area (Å²) in [5.41, 5.74) is 6.21. The van der Waals surface area contributed by atoms with Gasteiger partial charge in [0.25, 0.3) is 0 Å². The first-order chi connectivity index (χ1) is 21.2. The molecule has 0 bridgehead atoms. The molecule has 0 saturated heterocycles. The van der Waals surface area contributed by atoms with Crippen LogP contribution in [0.2, 0.25) is 0 Å². The van der Waals surface area contributed by atoms with Crippen LogP contribution in [-0.4, -0.2) is 24.5 Å². The van der Waals surface area contributed by atoms with Gasteiger partial charge in [0.05, 0.1) is 30.1 Å². The van der Waals surface area contributed by atoms with E-state index in [9.17, 15) is 13.2 Å². The molecule has 0 amide bonds. The van der Waals surface area contributed by atoms with Crippen LogP contribution in [0.1, 0.15) is 123 Å². The summed E-state index contributed by atoms with van der Waals surface area (Å²) >= 11 is 5.35. The average molecular weight is 817 g/mol. The molecule has 3 rings (SSSR count). The van der Waals surface area contributed by atoms with Gasteiger partial charge < -0.3 is 9.47 Å². The number of hydrogen-bond donors (Lipinski definition) is 0. The molecule has 0 heterocycles. The Morgan fingerprint density at radius 3 is 1.39 bits per heavy atom. The second-order valence-electron chi connectivity index (χ2n) is 14.4. The van der Waals surface area contributed by atoms with Crippen LogP contribution in [0, 0.1) is 6.07 Å². The van der Waals surface area contributed by atoms with E-state index in [0.717, 1.165) is 23.6 Å². The predicted octanol–water partition coefficient (Wildman–Crippen LogP) is 12.5. The molecule has 46 heavy (non-hydrogen) atoms. The van der Waals surface area contributed by atoms with Gasteiger partial charge in [0, 0.05) is 7.92 Å². The number of halogens is 4. The molecule has 0 unspecified atom stereocenters. The fourth-order valence-corrected chi connectivity index (χ4v) is 10.8. The summed E-state index contributed by atoms with van der Waals surface area (Å²) < 4.78 is 47.6. The van der Waals surface area contributed by atoms with Gasteiger partial charge in [-0.25, -0.2) is 0 Å². The molecule has 2 nitrogen and oxygen atoms in total. The second-order valence-corrected chi connectivity index (χ2v) is 18.7. The van der Waals surface area contributed by atoms with Gasteiger partial charge in [-0.05, 0) is 93.7 Å². The van der Waals surface area contributed by atoms with Crippen molar-refractivity contribution in [1.29, 1.82) is 0 Å². The van der Waals surface area contributed by atoms with Crippen molar-refractivity contribution in [2.75, 3.05) is 14.2 Å². The summed E-state index contributed by atoms with van der Waals surface area (Å²) in [6.07, 6.45) is -4.23. The van der Waals surface area contributed by atoms with Gasteiger partial charge >= 0.3 is 36.8 Å². The van der Waals surface area contributed by atoms with Crippen LogP contribution in [0.25, 0.3) is 11.1 Å². The molecule has 0 aliphatic rings. The average Bonchev–Trinajstić information content (AvgIpc) is 2.96. The van der Waals surface area contributed by atoms with Gasteiger partial charge in [0.15, 0.2) is 5.75 Å². The van der Waals surface area contributed by atoms with E-state index in [0.29, 0.717) is 17.8 Å². The zero-order chi connectivity index (χ0) is 35.8. The van der Waals surface area contributed by atoms with Crippen LogP contribution < -0.4 is 14.8 Å². The van der Waals surface area contributed by atoms with Gasteiger partial charge in [-0.3, -0.25) is 0 Å². The van der Waals surface area contributed by atoms with Crippen LogP contribution in [0.15, 0.2) is 48.5 Å². The zero-order valence-corrected chi connectivity index (χ0v) is 34.1. The standard InChI is InChI=1S/C31H49O2P.C7H4F3.BrH.Pd/c1-19(2)22-17-23(20(3)4)27(24(18-22)21(5)6)28-25(32-13)15-16-26(33-14)29(28)34(30(7,8)9)31(10,11)12;8-7(9,10)6-4-2-1-3-5-6;;/h15-21H,1-14H3;2-5H;1H;/q;-1;;+2. The molecule has 0 atom stereocenters. The van der Waals surface area contributed by atoms with E-state index in [1.54, 1.807) is 0 Å². The molecule has 3 aromatic rings. The summed E-state index contributed by atoms with van der Waals surface area (Å²) in [5, 5.41) is 1.63. The van der Waals surface area contributed by atoms with Crippen molar-refractivity contribution in [1.82, 2.24) is 0 Å². The van der Waals surface area contributed by atoms with E-state index in [2.05, 4.69) is 144 Å². The molecule has 0 aliphatic carbocycles. The van der Waals surface area contributed by atoms with Crippen molar-refractivity contribution < 1.29 is 39.8 Å². The van der Waals surface area contributed by atoms with Crippen molar-refractivity contribution in [3.8, 4) is 22.6 Å². The summed E-state index contributed by atoms with van der Waals surface area (Å²) in [4.78, 5) is 0. The summed E-state index contributed by atoms with van der Waals surface area (Å²) in [6, 6.07) is 16.1. The summed E-state index contributed by atoms with van der Waals surface area (Å²) in [6.45, 7) is 28.2. The topological polar surface area (TPSA) is 18.5 Å². The first-order valence-corrected chi connectivity index (χ1v) is 20.7. The normalized spacial score (nSPS) is 12.2. The van der Waals surface area contributed by atoms with E-state index in [1.165, 1.54) is 45.3 Å². The SMILES string of the molecule is COc1ccc(OC)c([PH+](C(C)(C)C)C(C)(C)C)c1-c1c(C(C)C)cc(C(C)C)cc1C(C)C.FC(F)(F)c1cc[c-]cc1.[Br][Pd+]. The van der Waals surface area contributed by atoms with E-state index in [4.69, 9.17) is 9.47 Å². The first-order valence-electron chi connectivity index (χ1n) is 15.6. The molecule has 0 spiro atoms. The van der Waals surface area contributed by atoms with Crippen molar-refractivity contribution in [3.05, 3.63) is 76.9 Å². The third kappa shape index (κ3) is 11.1. The molecular weight excluding hydrogens is 763 g/mol. The molecule has 0 aliphatic heterocycles. The Morgan fingerprint density at radius 2 is 1.09 bits per heavy atom. The molecule has 8 heteroatoms. The fraction of sp³-hybridized carbons (Fsp3) is 0.526. The second kappa shape index (κ2) is 17.9. The fourth-order valence-electron chi connectivity index (χ4n) is 6.10. The Hall–Kier alpha value is -1.38. The monoisotopic (exact) mass is 815 g/mol. The Labute approximate surface area is 296 Å². The van der Waals surface area contributed by atoms with Gasteiger partial charge in [-0.2, -0.15) is 43.5 Å². The van der Waals surface area contributed by atoms with Crippen LogP contribution in [0.5, 0.6) is 11.5 Å². The molecular formula is C38H54BrF3O2PPd+. The zero-order valence-electron chi connectivity index (χ0n) is 30.0. The van der Waals surface area contributed by atoms with Crippen molar-refractivity contribution >= 4 is 26.7 Å². The Morgan fingerprint density at radius 1 is 0.674 bits per heavy atom. The maximum absolute atomic E-state index is 11.8. The predicted molar refractivity (Wildman–Crippen MR) is 194 cm³/mol. The third-order valence-corrected chi connectivity index (χ3v) is 11.7. The number of ether oxygens (including phenoxy) is 2. The van der Waals surface area contributed by atoms with Gasteiger partial charge in [-0.1, -0.05) is 59.2 Å². The molecule has 0 N–H and O–H groups in total. The number of benzene rings is 3. The molecule has 0 saturated carbocycles. The van der Waals surface area contributed by atoms with Crippen molar-refractivity contribution in [2.45, 2.75) is 117 Å². The summed E-state index contributed by atoms with van der Waals surface area (Å²) in [7, 11) is 2.50.